The number of nitrogens with zero attached hydrogens (tertiary/aromatic N) is 4. The largest absolute Gasteiger partial charge is 0.398 e. The van der Waals surface area contributed by atoms with Crippen LogP contribution in [0.25, 0.3) is 0 Å². The van der Waals surface area contributed by atoms with Crippen molar-refractivity contribution in [3.05, 3.63) is 23.5 Å². The summed E-state index contributed by atoms with van der Waals surface area (Å²) in [6, 6.07) is 2.68. The van der Waals surface area contributed by atoms with Gasteiger partial charge in [-0.3, -0.25) is 4.79 Å². The number of amides is 1. The van der Waals surface area contributed by atoms with E-state index in [0.29, 0.717) is 5.16 Å². The maximum Gasteiger partial charge on any atom is 0.250 e. The minimum Gasteiger partial charge on any atom is -0.398 e. The fourth-order valence-electron chi connectivity index (χ4n) is 1.76. The quantitative estimate of drug-likeness (QED) is 0.813. The number of carbonyl (C=O) groups excluding carboxylic acids is 1. The second kappa shape index (κ2) is 4.75. The first kappa shape index (κ1) is 12.9. The summed E-state index contributed by atoms with van der Waals surface area (Å²) in [6.07, 6.45) is 2.02. The van der Waals surface area contributed by atoms with Gasteiger partial charge in [0.25, 0.3) is 5.91 Å². The van der Waals surface area contributed by atoms with Gasteiger partial charge in [-0.05, 0) is 47.2 Å². The van der Waals surface area contributed by atoms with Gasteiger partial charge in [0.2, 0.25) is 5.16 Å². The fraction of sp³-hybridized carbons (Fsp3) is 0.273. The second-order valence-corrected chi connectivity index (χ2v) is 5.48. The third-order valence-corrected chi connectivity index (χ3v) is 3.91. The van der Waals surface area contributed by atoms with Crippen molar-refractivity contribution in [2.24, 2.45) is 5.73 Å². The number of rotatable bonds is 4. The zero-order valence-electron chi connectivity index (χ0n) is 10.3. The van der Waals surface area contributed by atoms with E-state index in [2.05, 4.69) is 15.5 Å². The van der Waals surface area contributed by atoms with Crippen LogP contribution in [0.4, 0.5) is 10.1 Å². The normalized spacial score (nSPS) is 14.4. The number of nitrogen functional groups attached to an aromatic ring is 1. The van der Waals surface area contributed by atoms with Crippen LogP contribution in [0, 0.1) is 5.82 Å². The number of hydrogen-bond acceptors (Lipinski definition) is 6. The predicted molar refractivity (Wildman–Crippen MR) is 69.5 cm³/mol. The molecule has 1 heterocycles. The highest BCUT2D eigenvalue weighted by molar-refractivity contribution is 7.99. The second-order valence-electron chi connectivity index (χ2n) is 4.47. The number of aromatic nitrogens is 4. The Balaban J connectivity index is 1.95. The third-order valence-electron chi connectivity index (χ3n) is 2.93. The van der Waals surface area contributed by atoms with Gasteiger partial charge in [-0.25, -0.2) is 9.07 Å². The lowest BCUT2D eigenvalue weighted by Crippen LogP contribution is -2.14. The van der Waals surface area contributed by atoms with Crippen molar-refractivity contribution in [2.75, 3.05) is 5.73 Å². The van der Waals surface area contributed by atoms with Crippen LogP contribution in [0.5, 0.6) is 0 Å². The van der Waals surface area contributed by atoms with Crippen LogP contribution in [0.1, 0.15) is 29.2 Å². The number of carbonyl (C=O) groups is 1. The number of benzene rings is 1. The smallest absolute Gasteiger partial charge is 0.250 e. The summed E-state index contributed by atoms with van der Waals surface area (Å²) in [4.78, 5) is 11.5. The summed E-state index contributed by atoms with van der Waals surface area (Å²) in [5.74, 6) is -1.24. The summed E-state index contributed by atoms with van der Waals surface area (Å²) in [5.41, 5.74) is 10.9. The van der Waals surface area contributed by atoms with Gasteiger partial charge in [0.1, 0.15) is 5.82 Å². The Morgan fingerprint density at radius 2 is 2.20 bits per heavy atom. The molecule has 0 saturated heterocycles. The average molecular weight is 294 g/mol. The molecule has 20 heavy (non-hydrogen) atoms. The highest BCUT2D eigenvalue weighted by Crippen LogP contribution is 2.38. The molecule has 4 N–H and O–H groups in total. The zero-order chi connectivity index (χ0) is 14.3. The molecule has 3 rings (SSSR count). The van der Waals surface area contributed by atoms with E-state index in [-0.39, 0.29) is 22.2 Å². The van der Waals surface area contributed by atoms with Gasteiger partial charge in [-0.1, -0.05) is 0 Å². The standard InChI is InChI=1S/C11H11FN6OS/c12-7-4-8(13)6(10(14)19)3-9(7)20-11-15-16-17-18(11)5-1-2-5/h3-5H,1-2,13H2,(H2,14,19). The topological polar surface area (TPSA) is 113 Å². The number of anilines is 1. The van der Waals surface area contributed by atoms with E-state index >= 15 is 0 Å². The predicted octanol–water partition coefficient (Wildman–Crippen LogP) is 0.979. The number of nitrogens with two attached hydrogens (primary N) is 2. The Hall–Kier alpha value is -2.16. The van der Waals surface area contributed by atoms with Crippen LogP contribution in [0.2, 0.25) is 0 Å². The van der Waals surface area contributed by atoms with Gasteiger partial charge in [0, 0.05) is 5.69 Å². The molecule has 1 fully saturated rings. The Bertz CT molecular complexity index is 684. The molecule has 1 aromatic heterocycles. The van der Waals surface area contributed by atoms with Crippen molar-refractivity contribution in [3.8, 4) is 0 Å². The van der Waals surface area contributed by atoms with Crippen molar-refractivity contribution in [1.82, 2.24) is 20.2 Å². The van der Waals surface area contributed by atoms with Crippen molar-refractivity contribution in [3.63, 3.8) is 0 Å². The number of tetrazole rings is 1. The maximum atomic E-state index is 13.9. The molecule has 104 valence electrons. The van der Waals surface area contributed by atoms with E-state index in [0.717, 1.165) is 30.7 Å². The van der Waals surface area contributed by atoms with Crippen LogP contribution < -0.4 is 11.5 Å². The minimum absolute atomic E-state index is 0.0149. The fourth-order valence-corrected chi connectivity index (χ4v) is 2.65. The van der Waals surface area contributed by atoms with Crippen LogP contribution >= 0.6 is 11.8 Å². The molecule has 0 bridgehead atoms. The van der Waals surface area contributed by atoms with Crippen molar-refractivity contribution < 1.29 is 9.18 Å². The molecule has 7 nitrogen and oxygen atoms in total. The first-order chi connectivity index (χ1) is 9.56. The van der Waals surface area contributed by atoms with Gasteiger partial charge in [-0.2, -0.15) is 0 Å². The average Bonchev–Trinajstić information content (AvgIpc) is 3.12. The summed E-state index contributed by atoms with van der Waals surface area (Å²) < 4.78 is 15.6. The van der Waals surface area contributed by atoms with E-state index in [1.165, 1.54) is 6.07 Å². The lowest BCUT2D eigenvalue weighted by Gasteiger charge is -2.07. The molecule has 1 aromatic carbocycles. The Morgan fingerprint density at radius 3 is 2.85 bits per heavy atom. The number of hydrogen-bond donors (Lipinski definition) is 2. The molecular weight excluding hydrogens is 283 g/mol. The van der Waals surface area contributed by atoms with Crippen LogP contribution in [0.15, 0.2) is 22.2 Å². The lowest BCUT2D eigenvalue weighted by atomic mass is 10.1. The molecule has 0 spiro atoms. The van der Waals surface area contributed by atoms with Gasteiger partial charge < -0.3 is 11.5 Å². The van der Waals surface area contributed by atoms with E-state index in [4.69, 9.17) is 11.5 Å². The maximum absolute atomic E-state index is 13.9. The van der Waals surface area contributed by atoms with Gasteiger partial charge >= 0.3 is 0 Å². The Labute approximate surface area is 117 Å². The summed E-state index contributed by atoms with van der Waals surface area (Å²) in [6.45, 7) is 0. The molecular formula is C11H11FN6OS. The van der Waals surface area contributed by atoms with Crippen molar-refractivity contribution in [1.29, 1.82) is 0 Å². The first-order valence-electron chi connectivity index (χ1n) is 5.91. The van der Waals surface area contributed by atoms with Gasteiger partial charge in [0.15, 0.2) is 0 Å². The van der Waals surface area contributed by atoms with E-state index in [1.807, 2.05) is 0 Å². The van der Waals surface area contributed by atoms with Crippen LogP contribution in [-0.2, 0) is 0 Å². The SMILES string of the molecule is NC(=O)c1cc(Sc2nnnn2C2CC2)c(F)cc1N. The van der Waals surface area contributed by atoms with E-state index in [9.17, 15) is 9.18 Å². The number of halogens is 1. The molecule has 0 atom stereocenters. The van der Waals surface area contributed by atoms with E-state index in [1.54, 1.807) is 4.68 Å². The molecule has 0 aliphatic heterocycles. The zero-order valence-corrected chi connectivity index (χ0v) is 11.1. The monoisotopic (exact) mass is 294 g/mol. The summed E-state index contributed by atoms with van der Waals surface area (Å²) >= 11 is 1.04. The van der Waals surface area contributed by atoms with E-state index < -0.39 is 11.7 Å². The van der Waals surface area contributed by atoms with Crippen molar-refractivity contribution >= 4 is 23.4 Å². The summed E-state index contributed by atoms with van der Waals surface area (Å²) in [5, 5.41) is 11.8. The Kier molecular flexibility index (Phi) is 3.05. The molecule has 0 radical (unpaired) electrons. The molecule has 2 aromatic rings. The molecule has 1 aliphatic rings. The molecule has 1 amide bonds. The van der Waals surface area contributed by atoms with Gasteiger partial charge in [0.05, 0.1) is 16.5 Å². The van der Waals surface area contributed by atoms with Crippen LogP contribution in [0.3, 0.4) is 0 Å². The molecule has 1 saturated carbocycles. The van der Waals surface area contributed by atoms with Crippen LogP contribution in [-0.4, -0.2) is 26.1 Å². The number of primary amides is 1. The van der Waals surface area contributed by atoms with Crippen molar-refractivity contribution in [2.45, 2.75) is 28.9 Å². The Morgan fingerprint density at radius 1 is 1.45 bits per heavy atom. The molecule has 1 aliphatic carbocycles. The van der Waals surface area contributed by atoms with Gasteiger partial charge in [-0.15, -0.1) is 5.10 Å². The minimum atomic E-state index is -0.703. The third kappa shape index (κ3) is 2.31. The molecule has 9 heteroatoms. The highest BCUT2D eigenvalue weighted by atomic mass is 32.2. The lowest BCUT2D eigenvalue weighted by molar-refractivity contribution is 0.100. The summed E-state index contributed by atoms with van der Waals surface area (Å²) in [7, 11) is 0. The molecule has 0 unspecified atom stereocenters. The highest BCUT2D eigenvalue weighted by Gasteiger charge is 2.28. The first-order valence-corrected chi connectivity index (χ1v) is 6.72.